The lowest BCUT2D eigenvalue weighted by molar-refractivity contribution is -0.364. The van der Waals surface area contributed by atoms with Gasteiger partial charge in [0, 0.05) is 29.8 Å². The van der Waals surface area contributed by atoms with Crippen LogP contribution in [-0.2, 0) is 71.4 Å². The zero-order valence-electron chi connectivity index (χ0n) is 47.8. The summed E-state index contributed by atoms with van der Waals surface area (Å²) in [5, 5.41) is 199. The minimum Gasteiger partial charge on any atom is -0.507 e. The first-order chi connectivity index (χ1) is 44.4. The van der Waals surface area contributed by atoms with E-state index in [4.69, 9.17) is 52.5 Å². The molecule has 0 saturated carbocycles. The van der Waals surface area contributed by atoms with E-state index in [1.165, 1.54) is 18.2 Å². The van der Waals surface area contributed by atoms with E-state index in [0.29, 0.717) is 0 Å². The molecule has 3 fully saturated rings. The molecular formula is C58H60O36. The molecule has 0 bridgehead atoms. The van der Waals surface area contributed by atoms with Crippen LogP contribution in [-0.4, -0.2) is 257 Å². The number of carbonyl (C=O) groups is 6. The normalized spacial score (nSPS) is 28.2. The Morgan fingerprint density at radius 1 is 0.532 bits per heavy atom. The predicted octanol–water partition coefficient (Wildman–Crippen LogP) is -3.46. The van der Waals surface area contributed by atoms with E-state index in [1.807, 2.05) is 0 Å². The summed E-state index contributed by atoms with van der Waals surface area (Å²) < 4.78 is 61.8. The molecule has 0 amide bonds. The fraction of sp³-hybridized carbons (Fsp3) is 0.379. The number of aromatic hydroxyl groups is 8. The molecule has 0 radical (unpaired) electrons. The number of carbonyl (C=O) groups excluding carboxylic acids is 4. The summed E-state index contributed by atoms with van der Waals surface area (Å²) in [7, 11) is 0. The van der Waals surface area contributed by atoms with Gasteiger partial charge in [-0.05, 0) is 65.8 Å². The van der Waals surface area contributed by atoms with Crippen molar-refractivity contribution in [3.63, 3.8) is 0 Å². The van der Waals surface area contributed by atoms with Crippen LogP contribution < -0.4 is 9.47 Å². The van der Waals surface area contributed by atoms with Gasteiger partial charge in [0.1, 0.15) is 104 Å². The predicted molar refractivity (Wildman–Crippen MR) is 298 cm³/mol. The van der Waals surface area contributed by atoms with Crippen molar-refractivity contribution in [3.05, 3.63) is 101 Å². The van der Waals surface area contributed by atoms with Gasteiger partial charge in [0.25, 0.3) is 0 Å². The lowest BCUT2D eigenvalue weighted by Crippen LogP contribution is -2.65. The van der Waals surface area contributed by atoms with Crippen LogP contribution in [0.1, 0.15) is 34.8 Å². The number of ether oxygens (including phenoxy) is 11. The maximum atomic E-state index is 13.3. The Labute approximate surface area is 525 Å². The number of phenolic OH excluding ortho intramolecular Hbond substituents is 8. The van der Waals surface area contributed by atoms with Crippen LogP contribution in [0.25, 0.3) is 18.2 Å². The topological polar surface area (TPSA) is 588 Å². The number of phenols is 8. The smallest absolute Gasteiger partial charge is 0.348 e. The number of hydrogen-bond acceptors (Lipinski definition) is 34. The zero-order chi connectivity index (χ0) is 68.7. The van der Waals surface area contributed by atoms with Crippen LogP contribution in [0.3, 0.4) is 0 Å². The minimum absolute atomic E-state index is 0.119. The minimum atomic E-state index is -2.80. The van der Waals surface area contributed by atoms with E-state index in [2.05, 4.69) is 4.74 Å². The average Bonchev–Trinajstić information content (AvgIpc) is 0.767. The Kier molecular flexibility index (Phi) is 22.3. The molecule has 1 unspecified atom stereocenters. The van der Waals surface area contributed by atoms with E-state index < -0.39 is 236 Å². The molecule has 18 atom stereocenters. The highest BCUT2D eigenvalue weighted by molar-refractivity contribution is 5.93. The Balaban J connectivity index is 1.11. The first kappa shape index (κ1) is 70.1. The highest BCUT2D eigenvalue weighted by atomic mass is 16.8. The molecule has 4 heterocycles. The van der Waals surface area contributed by atoms with Crippen molar-refractivity contribution in [2.45, 2.75) is 117 Å². The van der Waals surface area contributed by atoms with E-state index in [-0.39, 0.29) is 22.3 Å². The molecule has 36 heteroatoms. The van der Waals surface area contributed by atoms with E-state index in [0.717, 1.165) is 72.8 Å². The maximum absolute atomic E-state index is 13.3. The van der Waals surface area contributed by atoms with E-state index in [1.54, 1.807) is 0 Å². The fourth-order valence-electron chi connectivity index (χ4n) is 9.46. The molecule has 4 aromatic carbocycles. The van der Waals surface area contributed by atoms with Crippen LogP contribution in [0, 0.1) is 0 Å². The summed E-state index contributed by atoms with van der Waals surface area (Å²) in [6, 6.07) is 10.6. The van der Waals surface area contributed by atoms with Crippen molar-refractivity contribution >= 4 is 54.0 Å². The molecule has 94 heavy (non-hydrogen) atoms. The Morgan fingerprint density at radius 2 is 1.09 bits per heavy atom. The van der Waals surface area contributed by atoms with Gasteiger partial charge < -0.3 is 149 Å². The number of fused-ring (bicyclic) bond motifs is 1. The summed E-state index contributed by atoms with van der Waals surface area (Å²) in [4.78, 5) is 74.2. The Morgan fingerprint density at radius 3 is 1.67 bits per heavy atom. The number of aliphatic hydroxyl groups is 9. The molecule has 4 aliphatic rings. The molecular weight excluding hydrogens is 1270 g/mol. The van der Waals surface area contributed by atoms with Crippen LogP contribution in [0.2, 0.25) is 0 Å². The third-order valence-electron chi connectivity index (χ3n) is 14.4. The number of hydrogen-bond donors (Lipinski definition) is 19. The molecule has 36 nitrogen and oxygen atoms in total. The quantitative estimate of drug-likeness (QED) is 0.0113. The fourth-order valence-corrected chi connectivity index (χ4v) is 9.46. The highest BCUT2D eigenvalue weighted by Crippen LogP contribution is 2.48. The molecule has 8 rings (SSSR count). The second-order valence-corrected chi connectivity index (χ2v) is 21.0. The second kappa shape index (κ2) is 29.9. The van der Waals surface area contributed by atoms with Crippen molar-refractivity contribution in [2.24, 2.45) is 0 Å². The highest BCUT2D eigenvalue weighted by Gasteiger charge is 2.54. The number of carboxylic acids is 2. The lowest BCUT2D eigenvalue weighted by atomic mass is 9.96. The third kappa shape index (κ3) is 16.3. The van der Waals surface area contributed by atoms with Gasteiger partial charge in [0.2, 0.25) is 18.7 Å². The molecule has 508 valence electrons. The van der Waals surface area contributed by atoms with Crippen LogP contribution in [0.4, 0.5) is 0 Å². The summed E-state index contributed by atoms with van der Waals surface area (Å²) >= 11 is 0. The van der Waals surface area contributed by atoms with Gasteiger partial charge >= 0.3 is 35.8 Å². The van der Waals surface area contributed by atoms with Gasteiger partial charge in [-0.15, -0.1) is 0 Å². The Bertz CT molecular complexity index is 3530. The first-order valence-electron chi connectivity index (χ1n) is 27.5. The van der Waals surface area contributed by atoms with Crippen LogP contribution in [0.15, 0.2) is 78.6 Å². The van der Waals surface area contributed by atoms with E-state index in [9.17, 15) is 121 Å². The zero-order valence-corrected chi connectivity index (χ0v) is 47.8. The monoisotopic (exact) mass is 1330 g/mol. The largest absolute Gasteiger partial charge is 0.507 e. The van der Waals surface area contributed by atoms with Gasteiger partial charge in [-0.25, -0.2) is 19.2 Å². The molecule has 3 saturated heterocycles. The van der Waals surface area contributed by atoms with Gasteiger partial charge in [-0.1, -0.05) is 12.1 Å². The number of carboxylic acid groups (broad SMARTS) is 2. The number of aliphatic carboxylic acids is 2. The molecule has 4 aromatic rings. The van der Waals surface area contributed by atoms with Gasteiger partial charge in [-0.3, -0.25) is 9.59 Å². The molecule has 4 aliphatic heterocycles. The summed E-state index contributed by atoms with van der Waals surface area (Å²) in [6.07, 6.45) is -35.4. The third-order valence-corrected chi connectivity index (χ3v) is 14.4. The van der Waals surface area contributed by atoms with Crippen LogP contribution in [0.5, 0.6) is 57.5 Å². The SMILES string of the molecule is O=C(/C=C/c1ccc(O)c(O)c1)OC[C@@H]1O[C@@H](Oc2cc(O)c3c(c2)OC(c2cc(O)c(O)c(O)c2)C(O[C@@H]2O[C@H](COC(=O)CC(=O)O[C@@H](C(=O)O)[C@H](O)C(=O)O)[C@H](O)[C@H](O)[C@H]2O[C@@H]2O[C@H](CO)[C@@H](O)[C@H](O)[C@H]2OC(=O)/C=C/c2ccc(O)c(O)c2)=C3)[C@@H](O)[C@@H](O)[C@@H]1O. The average molecular weight is 1330 g/mol. The summed E-state index contributed by atoms with van der Waals surface area (Å²) in [5.41, 5.74) is -0.327. The van der Waals surface area contributed by atoms with Gasteiger partial charge in [-0.2, -0.15) is 0 Å². The van der Waals surface area contributed by atoms with Crippen molar-refractivity contribution in [3.8, 4) is 57.5 Å². The Hall–Kier alpha value is -9.80. The number of esters is 4. The van der Waals surface area contributed by atoms with Crippen molar-refractivity contribution in [2.75, 3.05) is 19.8 Å². The van der Waals surface area contributed by atoms with Crippen molar-refractivity contribution < 1.29 is 178 Å². The van der Waals surface area contributed by atoms with Crippen molar-refractivity contribution in [1.29, 1.82) is 0 Å². The summed E-state index contributed by atoms with van der Waals surface area (Å²) in [6.45, 7) is -3.04. The standard InChI is InChI=1S/C58H60O36/c59-17-34-42(72)46(76)52(92-38(68)8-4-21-2-6-26(61)29(64)10-21)58(89-34)94-53-47(77)44(74)36(19-85-39(69)16-40(70)93-51(55(82)83)49(79)54(80)81)91-57(53)88-33-15-24-27(62)13-23(14-32(24)87-50(33)22-11-30(65)41(71)31(66)12-22)86-56-48(78)45(75)43(73)35(90-56)18-84-37(67)7-3-20-1-5-25(60)28(63)9-20/h1-15,34-36,42-53,56-66,71-79H,16-19H2,(H,80,81)(H,82,83)/b7-3+,8-4+/t34-,35+,36-,42-,43-,44+,45+,46+,47+,48+,49+,50?,51-,52-,53-,56-,57-,58+/m1/s1. The number of rotatable bonds is 23. The number of benzene rings is 4. The van der Waals surface area contributed by atoms with Crippen molar-refractivity contribution in [1.82, 2.24) is 0 Å². The summed E-state index contributed by atoms with van der Waals surface area (Å²) in [5.74, 6) is -17.3. The lowest BCUT2D eigenvalue weighted by Gasteiger charge is -2.47. The van der Waals surface area contributed by atoms with E-state index >= 15 is 0 Å². The van der Waals surface area contributed by atoms with Gasteiger partial charge in [0.15, 0.2) is 71.0 Å². The maximum Gasteiger partial charge on any atom is 0.348 e. The number of aliphatic hydroxyl groups excluding tert-OH is 9. The molecule has 0 aromatic heterocycles. The molecule has 0 spiro atoms. The second-order valence-electron chi connectivity index (χ2n) is 21.0. The van der Waals surface area contributed by atoms with Gasteiger partial charge in [0.05, 0.1) is 12.2 Å². The molecule has 19 N–H and O–H groups in total. The first-order valence-corrected chi connectivity index (χ1v) is 27.5. The van der Waals surface area contributed by atoms with Crippen LogP contribution >= 0.6 is 0 Å². The molecule has 0 aliphatic carbocycles.